The number of methoxy groups -OCH3 is 2. The Hall–Kier alpha value is -3.32. The van der Waals surface area contributed by atoms with Gasteiger partial charge in [0.1, 0.15) is 5.76 Å². The summed E-state index contributed by atoms with van der Waals surface area (Å²) in [6, 6.07) is 17.4. The van der Waals surface area contributed by atoms with E-state index in [1.807, 2.05) is 54.6 Å². The fourth-order valence-electron chi connectivity index (χ4n) is 3.13. The second-order valence-electron chi connectivity index (χ2n) is 6.72. The molecule has 1 N–H and O–H groups in total. The largest absolute Gasteiger partial charge is 0.493 e. The van der Waals surface area contributed by atoms with E-state index in [0.717, 1.165) is 20.8 Å². The van der Waals surface area contributed by atoms with E-state index in [1.54, 1.807) is 25.6 Å². The van der Waals surface area contributed by atoms with E-state index in [1.165, 1.54) is 0 Å². The SMILES string of the molecule is COc1ccc(CCC(=O)NCc2ccc(-c3nc4ccccc4s3)o2)cc1OC. The van der Waals surface area contributed by atoms with Gasteiger partial charge in [-0.15, -0.1) is 11.3 Å². The summed E-state index contributed by atoms with van der Waals surface area (Å²) in [5.41, 5.74) is 1.97. The molecule has 0 aliphatic carbocycles. The maximum absolute atomic E-state index is 12.2. The van der Waals surface area contributed by atoms with Crippen LogP contribution in [0.2, 0.25) is 0 Å². The molecule has 0 atom stereocenters. The molecule has 0 aliphatic rings. The van der Waals surface area contributed by atoms with Crippen LogP contribution in [0.5, 0.6) is 11.5 Å². The summed E-state index contributed by atoms with van der Waals surface area (Å²) in [5, 5.41) is 3.74. The number of hydrogen-bond acceptors (Lipinski definition) is 6. The van der Waals surface area contributed by atoms with E-state index >= 15 is 0 Å². The summed E-state index contributed by atoms with van der Waals surface area (Å²) in [6.07, 6.45) is 0.988. The van der Waals surface area contributed by atoms with Crippen LogP contribution in [0.1, 0.15) is 17.7 Å². The highest BCUT2D eigenvalue weighted by molar-refractivity contribution is 7.21. The third-order valence-electron chi connectivity index (χ3n) is 4.71. The number of nitrogens with zero attached hydrogens (tertiary/aromatic N) is 1. The Bertz CT molecular complexity index is 1130. The zero-order chi connectivity index (χ0) is 20.9. The van der Waals surface area contributed by atoms with Crippen molar-refractivity contribution in [1.29, 1.82) is 0 Å². The van der Waals surface area contributed by atoms with Crippen molar-refractivity contribution in [2.24, 2.45) is 0 Å². The average Bonchev–Trinajstić information content (AvgIpc) is 3.42. The van der Waals surface area contributed by atoms with Crippen LogP contribution in [-0.4, -0.2) is 25.1 Å². The molecule has 0 aliphatic heterocycles. The van der Waals surface area contributed by atoms with Crippen LogP contribution in [0.15, 0.2) is 59.0 Å². The van der Waals surface area contributed by atoms with Crippen molar-refractivity contribution in [2.45, 2.75) is 19.4 Å². The molecule has 0 saturated carbocycles. The lowest BCUT2D eigenvalue weighted by molar-refractivity contribution is -0.121. The van der Waals surface area contributed by atoms with E-state index in [2.05, 4.69) is 10.3 Å². The first-order valence-electron chi connectivity index (χ1n) is 9.58. The van der Waals surface area contributed by atoms with Crippen molar-refractivity contribution in [2.75, 3.05) is 14.2 Å². The monoisotopic (exact) mass is 422 g/mol. The van der Waals surface area contributed by atoms with E-state index < -0.39 is 0 Å². The molecule has 2 heterocycles. The number of fused-ring (bicyclic) bond motifs is 1. The molecule has 0 saturated heterocycles. The van der Waals surface area contributed by atoms with Gasteiger partial charge in [0.05, 0.1) is 31.0 Å². The third-order valence-corrected chi connectivity index (χ3v) is 5.77. The van der Waals surface area contributed by atoms with E-state index in [-0.39, 0.29) is 5.91 Å². The number of nitrogens with one attached hydrogen (secondary N) is 1. The minimum Gasteiger partial charge on any atom is -0.493 e. The number of hydrogen-bond donors (Lipinski definition) is 1. The summed E-state index contributed by atoms with van der Waals surface area (Å²) >= 11 is 1.59. The van der Waals surface area contributed by atoms with Crippen molar-refractivity contribution < 1.29 is 18.7 Å². The van der Waals surface area contributed by atoms with Crippen molar-refractivity contribution >= 4 is 27.5 Å². The second-order valence-corrected chi connectivity index (χ2v) is 7.75. The van der Waals surface area contributed by atoms with Gasteiger partial charge >= 0.3 is 0 Å². The molecule has 2 aromatic heterocycles. The van der Waals surface area contributed by atoms with Gasteiger partial charge in [-0.1, -0.05) is 18.2 Å². The lowest BCUT2D eigenvalue weighted by atomic mass is 10.1. The first-order chi connectivity index (χ1) is 14.7. The van der Waals surface area contributed by atoms with Crippen LogP contribution in [0.3, 0.4) is 0 Å². The fraction of sp³-hybridized carbons (Fsp3) is 0.217. The van der Waals surface area contributed by atoms with Gasteiger partial charge in [-0.25, -0.2) is 4.98 Å². The lowest BCUT2D eigenvalue weighted by Crippen LogP contribution is -2.22. The molecule has 7 heteroatoms. The number of aryl methyl sites for hydroxylation is 1. The van der Waals surface area contributed by atoms with Gasteiger partial charge in [-0.05, 0) is 48.4 Å². The Morgan fingerprint density at radius 3 is 2.70 bits per heavy atom. The normalized spacial score (nSPS) is 10.9. The average molecular weight is 423 g/mol. The Morgan fingerprint density at radius 2 is 1.90 bits per heavy atom. The van der Waals surface area contributed by atoms with Crippen LogP contribution in [0.4, 0.5) is 0 Å². The lowest BCUT2D eigenvalue weighted by Gasteiger charge is -2.09. The maximum Gasteiger partial charge on any atom is 0.220 e. The predicted molar refractivity (Wildman–Crippen MR) is 117 cm³/mol. The van der Waals surface area contributed by atoms with Crippen molar-refractivity contribution in [1.82, 2.24) is 10.3 Å². The first-order valence-corrected chi connectivity index (χ1v) is 10.4. The van der Waals surface area contributed by atoms with Gasteiger partial charge in [0.25, 0.3) is 0 Å². The number of amides is 1. The van der Waals surface area contributed by atoms with Crippen molar-refractivity contribution in [3.05, 3.63) is 65.9 Å². The van der Waals surface area contributed by atoms with Gasteiger partial charge in [0, 0.05) is 6.42 Å². The molecule has 6 nitrogen and oxygen atoms in total. The van der Waals surface area contributed by atoms with Crippen molar-refractivity contribution in [3.63, 3.8) is 0 Å². The summed E-state index contributed by atoms with van der Waals surface area (Å²) < 4.78 is 17.5. The highest BCUT2D eigenvalue weighted by Gasteiger charge is 2.12. The summed E-state index contributed by atoms with van der Waals surface area (Å²) in [4.78, 5) is 16.8. The minimum atomic E-state index is -0.0391. The number of benzene rings is 2. The third kappa shape index (κ3) is 4.46. The molecular formula is C23H22N2O4S. The van der Waals surface area contributed by atoms with Gasteiger partial charge in [0.15, 0.2) is 22.3 Å². The maximum atomic E-state index is 12.2. The number of furan rings is 1. The second kappa shape index (κ2) is 9.00. The topological polar surface area (TPSA) is 73.6 Å². The standard InChI is InChI=1S/C23H22N2O4S/c1-27-18-10-7-15(13-20(18)28-2)8-12-22(26)24-14-16-9-11-19(29-16)23-25-17-5-3-4-6-21(17)30-23/h3-7,9-11,13H,8,12,14H2,1-2H3,(H,24,26). The minimum absolute atomic E-state index is 0.0391. The fourth-order valence-corrected chi connectivity index (χ4v) is 4.06. The molecule has 0 fully saturated rings. The molecule has 1 amide bonds. The van der Waals surface area contributed by atoms with Crippen LogP contribution in [0.25, 0.3) is 21.0 Å². The molecule has 4 aromatic rings. The van der Waals surface area contributed by atoms with E-state index in [0.29, 0.717) is 42.4 Å². The number of carbonyl (C=O) groups is 1. The molecule has 30 heavy (non-hydrogen) atoms. The quantitative estimate of drug-likeness (QED) is 0.441. The molecule has 154 valence electrons. The van der Waals surface area contributed by atoms with Crippen LogP contribution in [-0.2, 0) is 17.8 Å². The zero-order valence-corrected chi connectivity index (χ0v) is 17.6. The Balaban J connectivity index is 1.31. The number of ether oxygens (including phenoxy) is 2. The Labute approximate surface area is 178 Å². The highest BCUT2D eigenvalue weighted by atomic mass is 32.1. The predicted octanol–water partition coefficient (Wildman–Crippen LogP) is 4.82. The first kappa shape index (κ1) is 20.0. The van der Waals surface area contributed by atoms with Crippen LogP contribution < -0.4 is 14.8 Å². The van der Waals surface area contributed by atoms with Gasteiger partial charge in [-0.3, -0.25) is 4.79 Å². The molecule has 2 aromatic carbocycles. The van der Waals surface area contributed by atoms with E-state index in [4.69, 9.17) is 13.9 Å². The molecule has 0 unspecified atom stereocenters. The molecule has 0 radical (unpaired) electrons. The van der Waals surface area contributed by atoms with Gasteiger partial charge in [-0.2, -0.15) is 0 Å². The number of carbonyl (C=O) groups excluding carboxylic acids is 1. The number of aromatic nitrogens is 1. The number of rotatable bonds is 8. The number of para-hydroxylation sites is 1. The van der Waals surface area contributed by atoms with Gasteiger partial charge < -0.3 is 19.2 Å². The molecule has 0 spiro atoms. The highest BCUT2D eigenvalue weighted by Crippen LogP contribution is 2.31. The molecule has 0 bridgehead atoms. The number of thiazole rings is 1. The zero-order valence-electron chi connectivity index (χ0n) is 16.8. The summed E-state index contributed by atoms with van der Waals surface area (Å²) in [6.45, 7) is 0.343. The molecular weight excluding hydrogens is 400 g/mol. The van der Waals surface area contributed by atoms with E-state index in [9.17, 15) is 4.79 Å². The van der Waals surface area contributed by atoms with Crippen LogP contribution in [0, 0.1) is 0 Å². The van der Waals surface area contributed by atoms with Crippen molar-refractivity contribution in [3.8, 4) is 22.3 Å². The molecule has 4 rings (SSSR count). The smallest absolute Gasteiger partial charge is 0.220 e. The summed E-state index contributed by atoms with van der Waals surface area (Å²) in [7, 11) is 3.20. The van der Waals surface area contributed by atoms with Crippen LogP contribution >= 0.6 is 11.3 Å². The summed E-state index contributed by atoms with van der Waals surface area (Å²) in [5.74, 6) is 2.71. The Morgan fingerprint density at radius 1 is 1.07 bits per heavy atom. The van der Waals surface area contributed by atoms with Gasteiger partial charge in [0.2, 0.25) is 5.91 Å². The Kier molecular flexibility index (Phi) is 5.99.